The summed E-state index contributed by atoms with van der Waals surface area (Å²) in [5.41, 5.74) is 4.36. The molecule has 0 atom stereocenters. The van der Waals surface area contributed by atoms with Crippen LogP contribution in [0.1, 0.15) is 11.4 Å². The molecule has 0 aliphatic heterocycles. The van der Waals surface area contributed by atoms with Crippen LogP contribution in [0.4, 0.5) is 0 Å². The van der Waals surface area contributed by atoms with Crippen LogP contribution in [0.2, 0.25) is 5.02 Å². The fraction of sp³-hybridized carbons (Fsp3) is 0.200. The number of aryl methyl sites for hydroxylation is 2. The molecule has 4 rings (SSSR count). The van der Waals surface area contributed by atoms with Gasteiger partial charge in [-0.1, -0.05) is 29.4 Å². The first-order valence-electron chi connectivity index (χ1n) is 9.09. The van der Waals surface area contributed by atoms with Gasteiger partial charge >= 0.3 is 0 Å². The molecule has 0 N–H and O–H groups in total. The Morgan fingerprint density at radius 1 is 1.07 bits per heavy atom. The van der Waals surface area contributed by atoms with Gasteiger partial charge in [-0.25, -0.2) is 27.9 Å². The molecule has 0 aliphatic rings. The van der Waals surface area contributed by atoms with Gasteiger partial charge in [0, 0.05) is 46.6 Å². The number of hydrogen-bond donors (Lipinski definition) is 0. The normalized spacial score (nSPS) is 11.8. The van der Waals surface area contributed by atoms with E-state index >= 15 is 0 Å². The van der Waals surface area contributed by atoms with E-state index in [1.807, 2.05) is 19.9 Å². The number of aromatic nitrogens is 5. The first-order valence-corrected chi connectivity index (χ1v) is 12.1. The van der Waals surface area contributed by atoms with Crippen LogP contribution in [-0.2, 0) is 9.84 Å². The second kappa shape index (κ2) is 8.33. The molecule has 0 unspecified atom stereocenters. The molecule has 0 bridgehead atoms. The van der Waals surface area contributed by atoms with E-state index in [0.717, 1.165) is 28.2 Å². The van der Waals surface area contributed by atoms with Gasteiger partial charge in [0.1, 0.15) is 0 Å². The van der Waals surface area contributed by atoms with Crippen LogP contribution in [0.25, 0.3) is 16.8 Å². The van der Waals surface area contributed by atoms with E-state index in [4.69, 9.17) is 11.6 Å². The van der Waals surface area contributed by atoms with Crippen molar-refractivity contribution in [1.82, 2.24) is 24.6 Å². The molecular weight excluding hydrogens is 442 g/mol. The van der Waals surface area contributed by atoms with Crippen molar-refractivity contribution < 1.29 is 8.42 Å². The third-order valence-electron chi connectivity index (χ3n) is 4.52. The molecule has 0 radical (unpaired) electrons. The zero-order valence-corrected chi connectivity index (χ0v) is 18.7. The molecular formula is C20H18ClN5O2S2. The highest BCUT2D eigenvalue weighted by Crippen LogP contribution is 2.24. The van der Waals surface area contributed by atoms with Crippen LogP contribution < -0.4 is 0 Å². The fourth-order valence-electron chi connectivity index (χ4n) is 3.00. The average molecular weight is 460 g/mol. The first-order chi connectivity index (χ1) is 14.3. The van der Waals surface area contributed by atoms with E-state index in [-0.39, 0.29) is 10.6 Å². The highest BCUT2D eigenvalue weighted by Gasteiger charge is 2.15. The van der Waals surface area contributed by atoms with Crippen LogP contribution in [0.5, 0.6) is 0 Å². The molecule has 0 fully saturated rings. The smallest absolute Gasteiger partial charge is 0.187 e. The van der Waals surface area contributed by atoms with Crippen LogP contribution in [0, 0.1) is 13.8 Å². The quantitative estimate of drug-likeness (QED) is 0.317. The van der Waals surface area contributed by atoms with Crippen molar-refractivity contribution in [2.45, 2.75) is 23.9 Å². The summed E-state index contributed by atoms with van der Waals surface area (Å²) in [7, 11) is -3.41. The van der Waals surface area contributed by atoms with Gasteiger partial charge in [-0.05, 0) is 32.0 Å². The van der Waals surface area contributed by atoms with E-state index in [2.05, 4.69) is 20.1 Å². The minimum atomic E-state index is -3.41. The van der Waals surface area contributed by atoms with Gasteiger partial charge < -0.3 is 0 Å². The molecule has 0 amide bonds. The number of rotatable bonds is 6. The molecule has 0 saturated carbocycles. The van der Waals surface area contributed by atoms with E-state index < -0.39 is 9.84 Å². The van der Waals surface area contributed by atoms with Crippen molar-refractivity contribution in [2.75, 3.05) is 11.5 Å². The summed E-state index contributed by atoms with van der Waals surface area (Å²) in [4.78, 5) is 13.4. The molecule has 10 heteroatoms. The molecule has 154 valence electrons. The number of benzene rings is 1. The molecule has 30 heavy (non-hydrogen) atoms. The van der Waals surface area contributed by atoms with Gasteiger partial charge in [-0.3, -0.25) is 0 Å². The second-order valence-corrected chi connectivity index (χ2v) is 10.3. The summed E-state index contributed by atoms with van der Waals surface area (Å²) in [5.74, 6) is 0.314. The number of thioether (sulfide) groups is 1. The molecule has 0 aliphatic carbocycles. The van der Waals surface area contributed by atoms with Gasteiger partial charge in [0.15, 0.2) is 20.6 Å². The Kier molecular flexibility index (Phi) is 5.77. The summed E-state index contributed by atoms with van der Waals surface area (Å²) in [6.07, 6.45) is 5.22. The zero-order valence-electron chi connectivity index (χ0n) is 16.3. The minimum Gasteiger partial charge on any atom is -0.236 e. The summed E-state index contributed by atoms with van der Waals surface area (Å²) in [6, 6.07) is 8.20. The van der Waals surface area contributed by atoms with E-state index in [1.165, 1.54) is 17.8 Å². The third-order valence-corrected chi connectivity index (χ3v) is 7.61. The Morgan fingerprint density at radius 3 is 2.57 bits per heavy atom. The standard InChI is InChI=1S/C20H18ClN5O2S2/c1-13-8-19-22-12-18(14(2)26(19)25-13)15-10-23-20(24-11-15)29-6-7-30(27,28)17-5-3-4-16(21)9-17/h3-5,8-12H,6-7H2,1-2H3. The Morgan fingerprint density at radius 2 is 1.83 bits per heavy atom. The lowest BCUT2D eigenvalue weighted by Crippen LogP contribution is -2.09. The van der Waals surface area contributed by atoms with Crippen molar-refractivity contribution in [3.05, 3.63) is 65.3 Å². The largest absolute Gasteiger partial charge is 0.236 e. The molecule has 4 aromatic rings. The Labute approximate surface area is 183 Å². The van der Waals surface area contributed by atoms with Crippen molar-refractivity contribution in [3.63, 3.8) is 0 Å². The van der Waals surface area contributed by atoms with E-state index in [0.29, 0.717) is 15.9 Å². The number of sulfone groups is 1. The van der Waals surface area contributed by atoms with Gasteiger partial charge in [-0.15, -0.1) is 0 Å². The lowest BCUT2D eigenvalue weighted by molar-refractivity contribution is 0.597. The van der Waals surface area contributed by atoms with E-state index in [9.17, 15) is 8.42 Å². The van der Waals surface area contributed by atoms with E-state index in [1.54, 1.807) is 41.3 Å². The van der Waals surface area contributed by atoms with Gasteiger partial charge in [-0.2, -0.15) is 5.10 Å². The van der Waals surface area contributed by atoms with Crippen molar-refractivity contribution in [3.8, 4) is 11.1 Å². The maximum absolute atomic E-state index is 12.4. The first kappa shape index (κ1) is 20.8. The lowest BCUT2D eigenvalue weighted by Gasteiger charge is -2.08. The number of fused-ring (bicyclic) bond motifs is 1. The number of nitrogens with zero attached hydrogens (tertiary/aromatic N) is 5. The van der Waals surface area contributed by atoms with Crippen molar-refractivity contribution in [2.24, 2.45) is 0 Å². The van der Waals surface area contributed by atoms with Crippen LogP contribution >= 0.6 is 23.4 Å². The molecule has 1 aromatic carbocycles. The Hall–Kier alpha value is -2.49. The molecule has 0 saturated heterocycles. The minimum absolute atomic E-state index is 0.0263. The zero-order chi connectivity index (χ0) is 21.3. The monoisotopic (exact) mass is 459 g/mol. The fourth-order valence-corrected chi connectivity index (χ4v) is 5.73. The number of halogens is 1. The summed E-state index contributed by atoms with van der Waals surface area (Å²) in [5, 5.41) is 5.37. The summed E-state index contributed by atoms with van der Waals surface area (Å²) in [6.45, 7) is 3.90. The highest BCUT2D eigenvalue weighted by molar-refractivity contribution is 8.00. The van der Waals surface area contributed by atoms with Crippen LogP contribution in [0.3, 0.4) is 0 Å². The number of hydrogen-bond acceptors (Lipinski definition) is 7. The lowest BCUT2D eigenvalue weighted by atomic mass is 10.1. The topological polar surface area (TPSA) is 90.1 Å². The Bertz CT molecular complexity index is 1320. The maximum atomic E-state index is 12.4. The molecule has 3 aromatic heterocycles. The van der Waals surface area contributed by atoms with Gasteiger partial charge in [0.25, 0.3) is 0 Å². The predicted octanol–water partition coefficient (Wildman–Crippen LogP) is 4.02. The Balaban J connectivity index is 1.45. The predicted molar refractivity (Wildman–Crippen MR) is 118 cm³/mol. The maximum Gasteiger partial charge on any atom is 0.187 e. The van der Waals surface area contributed by atoms with Crippen LogP contribution in [-0.4, -0.2) is 44.5 Å². The third kappa shape index (κ3) is 4.33. The highest BCUT2D eigenvalue weighted by atomic mass is 35.5. The summed E-state index contributed by atoms with van der Waals surface area (Å²) >= 11 is 7.18. The molecule has 3 heterocycles. The molecule has 0 spiro atoms. The second-order valence-electron chi connectivity index (χ2n) is 6.69. The van der Waals surface area contributed by atoms with Crippen LogP contribution in [0.15, 0.2) is 59.0 Å². The SMILES string of the molecule is Cc1cc2ncc(-c3cnc(SCCS(=O)(=O)c4cccc(Cl)c4)nc3)c(C)n2n1. The average Bonchev–Trinajstić information content (AvgIpc) is 3.10. The van der Waals surface area contributed by atoms with Crippen molar-refractivity contribution in [1.29, 1.82) is 0 Å². The molecule has 7 nitrogen and oxygen atoms in total. The van der Waals surface area contributed by atoms with Gasteiger partial charge in [0.2, 0.25) is 0 Å². The van der Waals surface area contributed by atoms with Crippen molar-refractivity contribution >= 4 is 38.8 Å². The van der Waals surface area contributed by atoms with Gasteiger partial charge in [0.05, 0.1) is 22.0 Å². The summed E-state index contributed by atoms with van der Waals surface area (Å²) < 4.78 is 26.7.